The van der Waals surface area contributed by atoms with Crippen molar-refractivity contribution in [3.05, 3.63) is 182 Å². The molecule has 0 saturated heterocycles. The summed E-state index contributed by atoms with van der Waals surface area (Å²) >= 11 is 0. The van der Waals surface area contributed by atoms with Crippen LogP contribution in [-0.2, 0) is 0 Å². The summed E-state index contributed by atoms with van der Waals surface area (Å²) in [5.74, 6) is 0. The summed E-state index contributed by atoms with van der Waals surface area (Å²) in [4.78, 5) is 0. The molecule has 2 heterocycles. The normalized spacial score (nSPS) is 12.1. The molecule has 12 aromatic rings. The first kappa shape index (κ1) is 29.4. The first-order valence-electron chi connectivity index (χ1n) is 18.5. The van der Waals surface area contributed by atoms with E-state index < -0.39 is 0 Å². The van der Waals surface area contributed by atoms with Gasteiger partial charge < -0.3 is 8.83 Å². The molecule has 54 heavy (non-hydrogen) atoms. The summed E-state index contributed by atoms with van der Waals surface area (Å²) in [6.45, 7) is 0. The summed E-state index contributed by atoms with van der Waals surface area (Å²) in [7, 11) is 0. The second-order valence-corrected chi connectivity index (χ2v) is 14.4. The van der Waals surface area contributed by atoms with Crippen molar-refractivity contribution in [2.75, 3.05) is 0 Å². The molecule has 10 aromatic carbocycles. The predicted molar refractivity (Wildman–Crippen MR) is 227 cm³/mol. The molecule has 2 aromatic heterocycles. The molecule has 0 saturated carbocycles. The van der Waals surface area contributed by atoms with E-state index in [0.29, 0.717) is 0 Å². The molecule has 250 valence electrons. The Morgan fingerprint density at radius 1 is 0.241 bits per heavy atom. The van der Waals surface area contributed by atoms with Crippen LogP contribution in [0.15, 0.2) is 191 Å². The molecule has 0 aliphatic carbocycles. The maximum atomic E-state index is 6.51. The maximum absolute atomic E-state index is 6.51. The molecule has 0 fully saturated rings. The van der Waals surface area contributed by atoms with E-state index >= 15 is 0 Å². The van der Waals surface area contributed by atoms with Crippen molar-refractivity contribution >= 4 is 87.0 Å². The highest BCUT2D eigenvalue weighted by atomic mass is 16.3. The lowest BCUT2D eigenvalue weighted by Gasteiger charge is -2.18. The maximum Gasteiger partial charge on any atom is 0.139 e. The van der Waals surface area contributed by atoms with Crippen molar-refractivity contribution in [2.45, 2.75) is 0 Å². The average Bonchev–Trinajstić information content (AvgIpc) is 3.78. The second kappa shape index (κ2) is 11.2. The minimum Gasteiger partial charge on any atom is -0.456 e. The zero-order valence-corrected chi connectivity index (χ0v) is 29.1. The van der Waals surface area contributed by atoms with Gasteiger partial charge >= 0.3 is 0 Å². The van der Waals surface area contributed by atoms with Crippen LogP contribution in [0.25, 0.3) is 120 Å². The Morgan fingerprint density at radius 2 is 0.759 bits per heavy atom. The van der Waals surface area contributed by atoms with Gasteiger partial charge in [0.25, 0.3) is 0 Å². The third kappa shape index (κ3) is 4.28. The Balaban J connectivity index is 0.973. The summed E-state index contributed by atoms with van der Waals surface area (Å²) in [5, 5.41) is 14.4. The number of hydrogen-bond acceptors (Lipinski definition) is 2. The Labute approximate surface area is 310 Å². The van der Waals surface area contributed by atoms with Crippen LogP contribution in [0.3, 0.4) is 0 Å². The van der Waals surface area contributed by atoms with E-state index in [1.54, 1.807) is 0 Å². The highest BCUT2D eigenvalue weighted by Gasteiger charge is 2.18. The standard InChI is InChI=1S/C52H30O2/c1-2-11-35-27-37(22-19-31(35)9-1)51-42-15-7-5-13-40(42)50(41-14-6-8-16-43(41)51)34-20-17-32(18-21-34)36-23-25-39-44-29-45-49(30-48(44)54-47(39)28-36)53-46-26-24-33-10-3-4-12-38(33)52(45)46/h1-30H. The van der Waals surface area contributed by atoms with Crippen LogP contribution in [0, 0.1) is 0 Å². The van der Waals surface area contributed by atoms with E-state index in [0.717, 1.165) is 55.0 Å². The number of benzene rings is 10. The lowest BCUT2D eigenvalue weighted by atomic mass is 9.85. The van der Waals surface area contributed by atoms with Crippen LogP contribution >= 0.6 is 0 Å². The molecule has 0 atom stereocenters. The van der Waals surface area contributed by atoms with Crippen molar-refractivity contribution < 1.29 is 8.83 Å². The fourth-order valence-corrected chi connectivity index (χ4v) is 8.92. The molecule has 0 aliphatic heterocycles. The summed E-state index contributed by atoms with van der Waals surface area (Å²) in [6, 6.07) is 65.7. The van der Waals surface area contributed by atoms with E-state index in [4.69, 9.17) is 8.83 Å². The summed E-state index contributed by atoms with van der Waals surface area (Å²) < 4.78 is 12.9. The van der Waals surface area contributed by atoms with Gasteiger partial charge in [-0.15, -0.1) is 0 Å². The number of furan rings is 2. The first-order valence-corrected chi connectivity index (χ1v) is 18.5. The quantitative estimate of drug-likeness (QED) is 0.173. The molecular formula is C52H30O2. The minimum absolute atomic E-state index is 0.833. The van der Waals surface area contributed by atoms with Gasteiger partial charge in [0, 0.05) is 27.6 Å². The smallest absolute Gasteiger partial charge is 0.139 e. The van der Waals surface area contributed by atoms with Gasteiger partial charge in [0.2, 0.25) is 0 Å². The van der Waals surface area contributed by atoms with Crippen LogP contribution in [0.2, 0.25) is 0 Å². The molecule has 0 bridgehead atoms. The van der Waals surface area contributed by atoms with Crippen LogP contribution in [-0.4, -0.2) is 0 Å². The van der Waals surface area contributed by atoms with Gasteiger partial charge in [-0.1, -0.05) is 146 Å². The number of fused-ring (bicyclic) bond motifs is 11. The lowest BCUT2D eigenvalue weighted by Crippen LogP contribution is -1.91. The third-order valence-corrected chi connectivity index (χ3v) is 11.4. The Hall–Kier alpha value is -7.16. The van der Waals surface area contributed by atoms with Crippen LogP contribution in [0.5, 0.6) is 0 Å². The molecule has 0 N–H and O–H groups in total. The molecule has 0 spiro atoms. The van der Waals surface area contributed by atoms with Gasteiger partial charge in [-0.05, 0) is 107 Å². The molecule has 0 radical (unpaired) electrons. The molecule has 12 rings (SSSR count). The van der Waals surface area contributed by atoms with Crippen LogP contribution in [0.1, 0.15) is 0 Å². The van der Waals surface area contributed by atoms with Crippen molar-refractivity contribution in [2.24, 2.45) is 0 Å². The molecule has 0 unspecified atom stereocenters. The average molecular weight is 687 g/mol. The zero-order chi connectivity index (χ0) is 35.3. The van der Waals surface area contributed by atoms with Gasteiger partial charge in [-0.2, -0.15) is 0 Å². The first-order chi connectivity index (χ1) is 26.7. The number of hydrogen-bond donors (Lipinski definition) is 0. The summed E-state index contributed by atoms with van der Waals surface area (Å²) in [6.07, 6.45) is 0. The lowest BCUT2D eigenvalue weighted by molar-refractivity contribution is 0.656. The molecule has 2 nitrogen and oxygen atoms in total. The zero-order valence-electron chi connectivity index (χ0n) is 29.1. The molecule has 0 amide bonds. The van der Waals surface area contributed by atoms with E-state index in [1.807, 2.05) is 6.07 Å². The SMILES string of the molecule is c1ccc2cc(-c3c4ccccc4c(-c4ccc(-c5ccc6c(c5)oc5cc7oc8ccc9ccccc9c8c7cc56)cc4)c4ccccc34)ccc2c1. The Morgan fingerprint density at radius 3 is 1.50 bits per heavy atom. The highest BCUT2D eigenvalue weighted by Crippen LogP contribution is 2.45. The van der Waals surface area contributed by atoms with Crippen molar-refractivity contribution in [1.29, 1.82) is 0 Å². The molecule has 0 aliphatic rings. The van der Waals surface area contributed by atoms with E-state index in [9.17, 15) is 0 Å². The fraction of sp³-hybridized carbons (Fsp3) is 0. The largest absolute Gasteiger partial charge is 0.456 e. The Kier molecular flexibility index (Phi) is 6.09. The van der Waals surface area contributed by atoms with Crippen LogP contribution < -0.4 is 0 Å². The Bertz CT molecular complexity index is 3430. The van der Waals surface area contributed by atoms with Gasteiger partial charge in [0.05, 0.1) is 0 Å². The van der Waals surface area contributed by atoms with Crippen molar-refractivity contribution in [1.82, 2.24) is 0 Å². The van der Waals surface area contributed by atoms with E-state index in [2.05, 4.69) is 176 Å². The number of rotatable bonds is 3. The van der Waals surface area contributed by atoms with E-state index in [-0.39, 0.29) is 0 Å². The van der Waals surface area contributed by atoms with Gasteiger partial charge in [-0.3, -0.25) is 0 Å². The van der Waals surface area contributed by atoms with Gasteiger partial charge in [0.1, 0.15) is 22.3 Å². The predicted octanol–water partition coefficient (Wildman–Crippen LogP) is 15.1. The minimum atomic E-state index is 0.833. The van der Waals surface area contributed by atoms with E-state index in [1.165, 1.54) is 65.3 Å². The monoisotopic (exact) mass is 686 g/mol. The van der Waals surface area contributed by atoms with Gasteiger partial charge in [0.15, 0.2) is 0 Å². The third-order valence-electron chi connectivity index (χ3n) is 11.4. The van der Waals surface area contributed by atoms with Gasteiger partial charge in [-0.25, -0.2) is 0 Å². The van der Waals surface area contributed by atoms with Crippen molar-refractivity contribution in [3.63, 3.8) is 0 Å². The topological polar surface area (TPSA) is 26.3 Å². The highest BCUT2D eigenvalue weighted by molar-refractivity contribution is 6.23. The van der Waals surface area contributed by atoms with Crippen molar-refractivity contribution in [3.8, 4) is 33.4 Å². The second-order valence-electron chi connectivity index (χ2n) is 14.4. The fourth-order valence-electron chi connectivity index (χ4n) is 8.92. The summed E-state index contributed by atoms with van der Waals surface area (Å²) in [5.41, 5.74) is 10.7. The van der Waals surface area contributed by atoms with Crippen LogP contribution in [0.4, 0.5) is 0 Å². The molecular weight excluding hydrogens is 657 g/mol. The molecule has 2 heteroatoms.